The smallest absolute Gasteiger partial charge is 0.256 e. The molecule has 2 aliphatic rings. The van der Waals surface area contributed by atoms with Crippen LogP contribution in [0.5, 0.6) is 0 Å². The fourth-order valence-corrected chi connectivity index (χ4v) is 4.43. The van der Waals surface area contributed by atoms with E-state index in [0.29, 0.717) is 6.54 Å². The fourth-order valence-electron chi connectivity index (χ4n) is 4.43. The molecule has 0 saturated carbocycles. The molecule has 2 heterocycles. The van der Waals surface area contributed by atoms with Crippen molar-refractivity contribution < 1.29 is 9.53 Å². The zero-order chi connectivity index (χ0) is 19.6. The van der Waals surface area contributed by atoms with Crippen LogP contribution in [-0.4, -0.2) is 30.1 Å². The molecule has 0 spiro atoms. The van der Waals surface area contributed by atoms with Crippen LogP contribution in [0.4, 0.5) is 11.4 Å². The minimum Gasteiger partial charge on any atom is -0.376 e. The van der Waals surface area contributed by atoms with Crippen LogP contribution < -0.4 is 4.90 Å². The first-order valence-corrected chi connectivity index (χ1v) is 10.2. The molecule has 29 heavy (non-hydrogen) atoms. The highest BCUT2D eigenvalue weighted by atomic mass is 16.5. The molecule has 2 atom stereocenters. The first kappa shape index (κ1) is 18.0. The number of hydrogen-bond donors (Lipinski definition) is 0. The van der Waals surface area contributed by atoms with Gasteiger partial charge in [-0.2, -0.15) is 0 Å². The molecule has 1 saturated heterocycles. The van der Waals surface area contributed by atoms with Gasteiger partial charge in [0.05, 0.1) is 6.10 Å². The Morgan fingerprint density at radius 1 is 0.862 bits per heavy atom. The van der Waals surface area contributed by atoms with E-state index >= 15 is 0 Å². The summed E-state index contributed by atoms with van der Waals surface area (Å²) < 4.78 is 5.89. The summed E-state index contributed by atoms with van der Waals surface area (Å²) in [5.74, 6) is 0.0814. The first-order chi connectivity index (χ1) is 14.3. The van der Waals surface area contributed by atoms with Crippen molar-refractivity contribution in [3.05, 3.63) is 96.1 Å². The van der Waals surface area contributed by atoms with Gasteiger partial charge in [0.15, 0.2) is 0 Å². The number of hydrogen-bond acceptors (Lipinski definition) is 3. The van der Waals surface area contributed by atoms with Crippen molar-refractivity contribution in [2.75, 3.05) is 18.1 Å². The minimum atomic E-state index is -0.201. The monoisotopic (exact) mass is 384 g/mol. The predicted molar refractivity (Wildman–Crippen MR) is 114 cm³/mol. The molecule has 146 valence electrons. The second kappa shape index (κ2) is 7.72. The highest BCUT2D eigenvalue weighted by Gasteiger charge is 2.42. The number of rotatable bonds is 5. The zero-order valence-corrected chi connectivity index (χ0v) is 16.3. The van der Waals surface area contributed by atoms with Crippen molar-refractivity contribution in [1.29, 1.82) is 0 Å². The number of fused-ring (bicyclic) bond motifs is 1. The van der Waals surface area contributed by atoms with E-state index in [1.54, 1.807) is 0 Å². The van der Waals surface area contributed by atoms with Crippen molar-refractivity contribution in [2.24, 2.45) is 0 Å². The average Bonchev–Trinajstić information content (AvgIpc) is 3.39. The number of carbonyl (C=O) groups excluding carboxylic acids is 1. The van der Waals surface area contributed by atoms with Gasteiger partial charge < -0.3 is 14.5 Å². The van der Waals surface area contributed by atoms with Crippen molar-refractivity contribution in [3.63, 3.8) is 0 Å². The number of ether oxygens (including phenoxy) is 1. The summed E-state index contributed by atoms with van der Waals surface area (Å²) in [7, 11) is 0. The third-order valence-corrected chi connectivity index (χ3v) is 5.76. The van der Waals surface area contributed by atoms with E-state index in [1.165, 1.54) is 0 Å². The van der Waals surface area contributed by atoms with Gasteiger partial charge in [0.2, 0.25) is 0 Å². The minimum absolute atomic E-state index is 0.0814. The SMILES string of the molecule is O=C1c2ccccc2[C@H](N(c2ccccc2)c2ccccc2)N1C[C@@H]1CCCO1. The third-order valence-electron chi connectivity index (χ3n) is 5.76. The van der Waals surface area contributed by atoms with Gasteiger partial charge >= 0.3 is 0 Å². The van der Waals surface area contributed by atoms with Crippen LogP contribution in [0, 0.1) is 0 Å². The molecule has 4 heteroatoms. The molecule has 0 aliphatic carbocycles. The fraction of sp³-hybridized carbons (Fsp3) is 0.240. The summed E-state index contributed by atoms with van der Waals surface area (Å²) in [5, 5.41) is 0. The van der Waals surface area contributed by atoms with E-state index in [-0.39, 0.29) is 18.2 Å². The molecule has 3 aromatic rings. The summed E-state index contributed by atoms with van der Waals surface area (Å²) in [6.45, 7) is 1.39. The van der Waals surface area contributed by atoms with E-state index < -0.39 is 0 Å². The van der Waals surface area contributed by atoms with Gasteiger partial charge in [-0.15, -0.1) is 0 Å². The molecule has 4 nitrogen and oxygen atoms in total. The van der Waals surface area contributed by atoms with E-state index in [9.17, 15) is 4.79 Å². The standard InChI is InChI=1S/C25H24N2O2/c28-25-23-16-8-7-15-22(23)24(26(25)18-21-14-9-17-29-21)27(19-10-3-1-4-11-19)20-12-5-2-6-13-20/h1-8,10-13,15-16,21,24H,9,14,17-18H2/t21-,24-/m0/s1. The average molecular weight is 384 g/mol. The lowest BCUT2D eigenvalue weighted by Crippen LogP contribution is -2.41. The molecule has 0 unspecified atom stereocenters. The number of amides is 1. The summed E-state index contributed by atoms with van der Waals surface area (Å²) in [5.41, 5.74) is 3.95. The molecular formula is C25H24N2O2. The highest BCUT2D eigenvalue weighted by Crippen LogP contribution is 2.43. The van der Waals surface area contributed by atoms with Gasteiger partial charge in [-0.1, -0.05) is 54.6 Å². The molecule has 5 rings (SSSR count). The van der Waals surface area contributed by atoms with E-state index in [4.69, 9.17) is 4.74 Å². The van der Waals surface area contributed by atoms with Gasteiger partial charge in [-0.05, 0) is 43.2 Å². The summed E-state index contributed by atoms with van der Waals surface area (Å²) in [4.78, 5) is 17.7. The quantitative estimate of drug-likeness (QED) is 0.609. The second-order valence-corrected chi connectivity index (χ2v) is 7.59. The van der Waals surface area contributed by atoms with E-state index in [1.807, 2.05) is 59.5 Å². The lowest BCUT2D eigenvalue weighted by atomic mass is 10.1. The van der Waals surface area contributed by atoms with Crippen LogP contribution in [0.2, 0.25) is 0 Å². The Bertz CT molecular complexity index is 944. The van der Waals surface area contributed by atoms with Crippen molar-refractivity contribution in [2.45, 2.75) is 25.1 Å². The molecule has 1 fully saturated rings. The normalized spacial score (nSPS) is 20.7. The van der Waals surface area contributed by atoms with Crippen molar-refractivity contribution >= 4 is 17.3 Å². The van der Waals surface area contributed by atoms with Gasteiger partial charge in [-0.25, -0.2) is 0 Å². The van der Waals surface area contributed by atoms with Gasteiger partial charge in [0.25, 0.3) is 5.91 Å². The lowest BCUT2D eigenvalue weighted by molar-refractivity contribution is 0.0468. The van der Waals surface area contributed by atoms with Crippen LogP contribution in [0.15, 0.2) is 84.9 Å². The Morgan fingerprint density at radius 3 is 2.10 bits per heavy atom. The number of carbonyl (C=O) groups is 1. The molecule has 0 bridgehead atoms. The molecule has 0 aromatic heterocycles. The topological polar surface area (TPSA) is 32.8 Å². The van der Waals surface area contributed by atoms with Crippen molar-refractivity contribution in [3.8, 4) is 0 Å². The van der Waals surface area contributed by atoms with Gasteiger partial charge in [-0.3, -0.25) is 4.79 Å². The number of nitrogens with zero attached hydrogens (tertiary/aromatic N) is 2. The maximum absolute atomic E-state index is 13.4. The van der Waals surface area contributed by atoms with E-state index in [2.05, 4.69) is 35.2 Å². The Morgan fingerprint density at radius 2 is 1.48 bits per heavy atom. The van der Waals surface area contributed by atoms with E-state index in [0.717, 1.165) is 42.0 Å². The second-order valence-electron chi connectivity index (χ2n) is 7.59. The highest BCUT2D eigenvalue weighted by molar-refractivity contribution is 6.00. The Kier molecular flexibility index (Phi) is 4.78. The molecule has 3 aromatic carbocycles. The Balaban J connectivity index is 1.64. The maximum Gasteiger partial charge on any atom is 0.256 e. The first-order valence-electron chi connectivity index (χ1n) is 10.2. The Labute approximate surface area is 171 Å². The Hall–Kier alpha value is -3.11. The molecule has 0 radical (unpaired) electrons. The number of para-hydroxylation sites is 2. The maximum atomic E-state index is 13.4. The van der Waals surface area contributed by atoms with Gasteiger partial charge in [0, 0.05) is 35.7 Å². The molecular weight excluding hydrogens is 360 g/mol. The van der Waals surface area contributed by atoms with Crippen LogP contribution in [-0.2, 0) is 4.74 Å². The van der Waals surface area contributed by atoms with Gasteiger partial charge in [0.1, 0.15) is 6.17 Å². The zero-order valence-electron chi connectivity index (χ0n) is 16.3. The molecule has 1 amide bonds. The number of anilines is 2. The summed E-state index contributed by atoms with van der Waals surface area (Å²) in [6.07, 6.45) is 1.96. The van der Waals surface area contributed by atoms with Crippen LogP contribution in [0.1, 0.15) is 34.9 Å². The number of benzene rings is 3. The van der Waals surface area contributed by atoms with Crippen molar-refractivity contribution in [1.82, 2.24) is 4.90 Å². The summed E-state index contributed by atoms with van der Waals surface area (Å²) in [6, 6.07) is 28.6. The third kappa shape index (κ3) is 3.30. The lowest BCUT2D eigenvalue weighted by Gasteiger charge is -2.38. The molecule has 0 N–H and O–H groups in total. The van der Waals surface area contributed by atoms with Crippen LogP contribution in [0.3, 0.4) is 0 Å². The van der Waals surface area contributed by atoms with Crippen LogP contribution in [0.25, 0.3) is 0 Å². The summed E-state index contributed by atoms with van der Waals surface area (Å²) >= 11 is 0. The predicted octanol–water partition coefficient (Wildman–Crippen LogP) is 5.16. The largest absolute Gasteiger partial charge is 0.376 e. The van der Waals surface area contributed by atoms with Crippen LogP contribution >= 0.6 is 0 Å². The molecule has 2 aliphatic heterocycles.